The quantitative estimate of drug-likeness (QED) is 0.518. The zero-order valence-corrected chi connectivity index (χ0v) is 21.4. The molecule has 1 aliphatic carbocycles. The van der Waals surface area contributed by atoms with E-state index in [0.29, 0.717) is 18.7 Å². The molecule has 2 aliphatic rings. The van der Waals surface area contributed by atoms with Crippen LogP contribution in [0.3, 0.4) is 0 Å². The van der Waals surface area contributed by atoms with Crippen molar-refractivity contribution in [3.8, 4) is 11.1 Å². The standard InChI is InChI=1S/C27H37N5O4/c1-17-22(19-11-6-4-7-12-19)26(36-31-17)30-25(34)21-15-10-16-32(21)27(35)23(20-13-8-5-9-14-20)29-24(33)18(2)28-3/h4,6-7,11-12,18,20-21,23,28H,5,8-10,13-16H2,1-3H3,(H,29,33)(H,30,34)/t18-,21-,23-/m0/s1. The van der Waals surface area contributed by atoms with Crippen molar-refractivity contribution in [3.05, 3.63) is 36.0 Å². The molecular formula is C27H37N5O4. The fourth-order valence-corrected chi connectivity index (χ4v) is 5.33. The van der Waals surface area contributed by atoms with Crippen molar-refractivity contribution >= 4 is 23.6 Å². The summed E-state index contributed by atoms with van der Waals surface area (Å²) >= 11 is 0. The van der Waals surface area contributed by atoms with Crippen LogP contribution < -0.4 is 16.0 Å². The highest BCUT2D eigenvalue weighted by Crippen LogP contribution is 2.33. The number of likely N-dealkylation sites (tertiary alicyclic amines) is 1. The molecule has 0 bridgehead atoms. The summed E-state index contributed by atoms with van der Waals surface area (Å²) in [5.74, 6) is -0.320. The molecule has 1 saturated heterocycles. The number of benzene rings is 1. The summed E-state index contributed by atoms with van der Waals surface area (Å²) in [7, 11) is 1.72. The number of carbonyl (C=O) groups excluding carboxylic acids is 3. The predicted molar refractivity (Wildman–Crippen MR) is 137 cm³/mol. The maximum atomic E-state index is 13.8. The summed E-state index contributed by atoms with van der Waals surface area (Å²) in [5.41, 5.74) is 2.30. The van der Waals surface area contributed by atoms with Gasteiger partial charge in [0, 0.05) is 6.54 Å². The van der Waals surface area contributed by atoms with Crippen molar-refractivity contribution in [2.75, 3.05) is 18.9 Å². The first kappa shape index (κ1) is 25.9. The van der Waals surface area contributed by atoms with E-state index in [2.05, 4.69) is 21.1 Å². The molecule has 4 rings (SSSR count). The van der Waals surface area contributed by atoms with E-state index in [1.807, 2.05) is 37.3 Å². The molecule has 0 spiro atoms. The van der Waals surface area contributed by atoms with Crippen LogP contribution in [0.5, 0.6) is 0 Å². The zero-order valence-electron chi connectivity index (χ0n) is 21.4. The molecule has 3 atom stereocenters. The summed E-state index contributed by atoms with van der Waals surface area (Å²) in [4.78, 5) is 41.6. The number of amides is 3. The Hall–Kier alpha value is -3.20. The minimum absolute atomic E-state index is 0.0742. The van der Waals surface area contributed by atoms with Gasteiger partial charge in [0.2, 0.25) is 23.6 Å². The van der Waals surface area contributed by atoms with Gasteiger partial charge in [-0.3, -0.25) is 19.7 Å². The van der Waals surface area contributed by atoms with Crippen molar-refractivity contribution in [1.29, 1.82) is 0 Å². The molecule has 36 heavy (non-hydrogen) atoms. The smallest absolute Gasteiger partial charge is 0.249 e. The van der Waals surface area contributed by atoms with Crippen LogP contribution in [0.15, 0.2) is 34.9 Å². The van der Waals surface area contributed by atoms with Gasteiger partial charge < -0.3 is 20.1 Å². The Bertz CT molecular complexity index is 1060. The minimum Gasteiger partial charge on any atom is -0.343 e. The van der Waals surface area contributed by atoms with Crippen LogP contribution in [0.25, 0.3) is 11.1 Å². The molecule has 2 aromatic rings. The highest BCUT2D eigenvalue weighted by molar-refractivity contribution is 6.00. The number of carbonyl (C=O) groups is 3. The van der Waals surface area contributed by atoms with E-state index in [1.54, 1.807) is 18.9 Å². The number of nitrogens with zero attached hydrogens (tertiary/aromatic N) is 2. The first-order valence-electron chi connectivity index (χ1n) is 13.0. The van der Waals surface area contributed by atoms with Gasteiger partial charge in [-0.15, -0.1) is 0 Å². The lowest BCUT2D eigenvalue weighted by molar-refractivity contribution is -0.142. The third kappa shape index (κ3) is 5.61. The Morgan fingerprint density at radius 2 is 1.78 bits per heavy atom. The SMILES string of the molecule is CN[C@@H](C)C(=O)N[C@H](C(=O)N1CCC[C@H]1C(=O)Nc1onc(C)c1-c1ccccc1)C1CCCCC1. The van der Waals surface area contributed by atoms with E-state index in [-0.39, 0.29) is 29.5 Å². The first-order chi connectivity index (χ1) is 17.4. The number of anilines is 1. The molecule has 1 aromatic carbocycles. The summed E-state index contributed by atoms with van der Waals surface area (Å²) in [6, 6.07) is 7.96. The van der Waals surface area contributed by atoms with E-state index in [1.165, 1.54) is 0 Å². The molecule has 2 fully saturated rings. The van der Waals surface area contributed by atoms with Gasteiger partial charge in [-0.05, 0) is 58.1 Å². The van der Waals surface area contributed by atoms with Crippen LogP contribution >= 0.6 is 0 Å². The van der Waals surface area contributed by atoms with Crippen LogP contribution in [0.2, 0.25) is 0 Å². The number of rotatable bonds is 8. The van der Waals surface area contributed by atoms with Crippen LogP contribution in [-0.2, 0) is 14.4 Å². The molecular weight excluding hydrogens is 458 g/mol. The summed E-state index contributed by atoms with van der Waals surface area (Å²) in [6.07, 6.45) is 6.31. The highest BCUT2D eigenvalue weighted by atomic mass is 16.5. The zero-order chi connectivity index (χ0) is 25.7. The summed E-state index contributed by atoms with van der Waals surface area (Å²) in [5, 5.41) is 12.9. The molecule has 1 aliphatic heterocycles. The number of likely N-dealkylation sites (N-methyl/N-ethyl adjacent to an activating group) is 1. The summed E-state index contributed by atoms with van der Waals surface area (Å²) < 4.78 is 5.46. The van der Waals surface area contributed by atoms with Crippen molar-refractivity contribution < 1.29 is 18.9 Å². The lowest BCUT2D eigenvalue weighted by Gasteiger charge is -2.35. The molecule has 0 unspecified atom stereocenters. The molecule has 3 N–H and O–H groups in total. The van der Waals surface area contributed by atoms with Gasteiger partial charge in [-0.1, -0.05) is 54.8 Å². The fourth-order valence-electron chi connectivity index (χ4n) is 5.33. The van der Waals surface area contributed by atoms with Crippen LogP contribution in [-0.4, -0.2) is 59.5 Å². The van der Waals surface area contributed by atoms with Gasteiger partial charge in [-0.2, -0.15) is 0 Å². The molecule has 9 heteroatoms. The van der Waals surface area contributed by atoms with Gasteiger partial charge in [0.25, 0.3) is 0 Å². The number of hydrogen-bond donors (Lipinski definition) is 3. The number of aryl methyl sites for hydroxylation is 1. The van der Waals surface area contributed by atoms with Crippen molar-refractivity contribution in [3.63, 3.8) is 0 Å². The van der Waals surface area contributed by atoms with Gasteiger partial charge in [0.1, 0.15) is 12.1 Å². The second-order valence-corrected chi connectivity index (χ2v) is 9.91. The van der Waals surface area contributed by atoms with Crippen molar-refractivity contribution in [2.24, 2.45) is 5.92 Å². The molecule has 1 aromatic heterocycles. The first-order valence-corrected chi connectivity index (χ1v) is 13.0. The number of aromatic nitrogens is 1. The van der Waals surface area contributed by atoms with E-state index in [4.69, 9.17) is 4.52 Å². The number of hydrogen-bond acceptors (Lipinski definition) is 6. The molecule has 9 nitrogen and oxygen atoms in total. The fraction of sp³-hybridized carbons (Fsp3) is 0.556. The Morgan fingerprint density at radius 1 is 1.06 bits per heavy atom. The lowest BCUT2D eigenvalue weighted by Crippen LogP contribution is -2.57. The molecule has 0 radical (unpaired) electrons. The largest absolute Gasteiger partial charge is 0.343 e. The van der Waals surface area contributed by atoms with E-state index in [0.717, 1.165) is 49.7 Å². The molecule has 2 heterocycles. The Balaban J connectivity index is 1.52. The van der Waals surface area contributed by atoms with Crippen molar-refractivity contribution in [1.82, 2.24) is 20.7 Å². The van der Waals surface area contributed by atoms with Crippen LogP contribution in [0.1, 0.15) is 57.6 Å². The lowest BCUT2D eigenvalue weighted by atomic mass is 9.83. The van der Waals surface area contributed by atoms with E-state index >= 15 is 0 Å². The molecule has 194 valence electrons. The maximum absolute atomic E-state index is 13.8. The van der Waals surface area contributed by atoms with E-state index in [9.17, 15) is 14.4 Å². The molecule has 1 saturated carbocycles. The average Bonchev–Trinajstić information content (AvgIpc) is 3.54. The normalized spacial score (nSPS) is 20.1. The highest BCUT2D eigenvalue weighted by Gasteiger charge is 2.41. The second kappa shape index (κ2) is 11.7. The Morgan fingerprint density at radius 3 is 2.47 bits per heavy atom. The monoisotopic (exact) mass is 495 g/mol. The number of nitrogens with one attached hydrogen (secondary N) is 3. The second-order valence-electron chi connectivity index (χ2n) is 9.91. The topological polar surface area (TPSA) is 117 Å². The third-order valence-electron chi connectivity index (χ3n) is 7.51. The predicted octanol–water partition coefficient (Wildman–Crippen LogP) is 3.25. The van der Waals surface area contributed by atoms with Gasteiger partial charge >= 0.3 is 0 Å². The van der Waals surface area contributed by atoms with Crippen LogP contribution in [0, 0.1) is 12.8 Å². The maximum Gasteiger partial charge on any atom is 0.249 e. The average molecular weight is 496 g/mol. The van der Waals surface area contributed by atoms with E-state index < -0.39 is 18.1 Å². The Kier molecular flexibility index (Phi) is 8.40. The van der Waals surface area contributed by atoms with Crippen molar-refractivity contribution in [2.45, 2.75) is 76.9 Å². The van der Waals surface area contributed by atoms with Crippen LogP contribution in [0.4, 0.5) is 5.88 Å². The third-order valence-corrected chi connectivity index (χ3v) is 7.51. The van der Waals surface area contributed by atoms with Gasteiger partial charge in [0.15, 0.2) is 0 Å². The molecule has 3 amide bonds. The van der Waals surface area contributed by atoms with Gasteiger partial charge in [-0.25, -0.2) is 0 Å². The minimum atomic E-state index is -0.630. The van der Waals surface area contributed by atoms with Gasteiger partial charge in [0.05, 0.1) is 17.3 Å². The summed E-state index contributed by atoms with van der Waals surface area (Å²) in [6.45, 7) is 4.09. The Labute approximate surface area is 212 Å².